The summed E-state index contributed by atoms with van der Waals surface area (Å²) >= 11 is 3.71. The number of rotatable bonds is 9. The summed E-state index contributed by atoms with van der Waals surface area (Å²) in [6.45, 7) is 5.27. The van der Waals surface area contributed by atoms with Gasteiger partial charge >= 0.3 is 0 Å². The number of halogens is 1. The average Bonchev–Trinajstić information content (AvgIpc) is 2.66. The molecular formula is C24H29BrN2. The predicted molar refractivity (Wildman–Crippen MR) is 115 cm³/mol. The molecule has 0 bridgehead atoms. The van der Waals surface area contributed by atoms with E-state index in [9.17, 15) is 5.26 Å². The highest BCUT2D eigenvalue weighted by molar-refractivity contribution is 9.10. The normalized spacial score (nSPS) is 16.5. The minimum Gasteiger partial charge on any atom is -0.299 e. The van der Waals surface area contributed by atoms with E-state index in [1.807, 2.05) is 6.07 Å². The summed E-state index contributed by atoms with van der Waals surface area (Å²) in [5, 5.41) is 10.3. The van der Waals surface area contributed by atoms with Crippen molar-refractivity contribution in [2.45, 2.75) is 51.0 Å². The highest BCUT2D eigenvalue weighted by Gasteiger charge is 2.44. The molecule has 2 aromatic rings. The molecule has 142 valence electrons. The molecule has 1 atom stereocenters. The van der Waals surface area contributed by atoms with Crippen molar-refractivity contribution >= 4 is 15.9 Å². The van der Waals surface area contributed by atoms with E-state index in [0.29, 0.717) is 5.92 Å². The molecule has 0 saturated heterocycles. The summed E-state index contributed by atoms with van der Waals surface area (Å²) in [7, 11) is 0. The van der Waals surface area contributed by atoms with Crippen molar-refractivity contribution in [3.8, 4) is 6.07 Å². The van der Waals surface area contributed by atoms with E-state index in [0.717, 1.165) is 36.9 Å². The molecule has 1 unspecified atom stereocenters. The van der Waals surface area contributed by atoms with Crippen LogP contribution in [0.2, 0.25) is 0 Å². The SMILES string of the molecule is CCN(CCCC(C#N)(c1ccccc1Br)C1CCC1)Cc1ccccc1. The first kappa shape index (κ1) is 20.1. The summed E-state index contributed by atoms with van der Waals surface area (Å²) in [5.41, 5.74) is 2.18. The van der Waals surface area contributed by atoms with Gasteiger partial charge in [-0.2, -0.15) is 5.26 Å². The largest absolute Gasteiger partial charge is 0.299 e. The third kappa shape index (κ3) is 4.62. The van der Waals surface area contributed by atoms with Crippen LogP contribution in [0, 0.1) is 17.2 Å². The number of nitrogens with zero attached hydrogens (tertiary/aromatic N) is 2. The standard InChI is InChI=1S/C24H29BrN2/c1-2-27(18-20-10-4-3-5-11-20)17-9-16-24(19-26,21-12-8-13-21)22-14-6-7-15-23(22)25/h3-7,10-11,14-15,21H,2,8-9,12-13,16-18H2,1H3. The fourth-order valence-corrected chi connectivity index (χ4v) is 4.90. The lowest BCUT2D eigenvalue weighted by atomic mass is 9.61. The van der Waals surface area contributed by atoms with Crippen molar-refractivity contribution in [2.24, 2.45) is 5.92 Å². The molecule has 2 nitrogen and oxygen atoms in total. The van der Waals surface area contributed by atoms with Crippen LogP contribution in [0.15, 0.2) is 59.1 Å². The first-order chi connectivity index (χ1) is 13.2. The molecule has 3 rings (SSSR count). The maximum atomic E-state index is 10.3. The Morgan fingerprint density at radius 1 is 1.11 bits per heavy atom. The van der Waals surface area contributed by atoms with Crippen molar-refractivity contribution in [1.82, 2.24) is 4.90 Å². The molecule has 1 saturated carbocycles. The second kappa shape index (κ2) is 9.53. The molecule has 1 aliphatic rings. The van der Waals surface area contributed by atoms with Crippen LogP contribution in [0.25, 0.3) is 0 Å². The maximum Gasteiger partial charge on any atom is 0.0861 e. The van der Waals surface area contributed by atoms with Crippen LogP contribution < -0.4 is 0 Å². The van der Waals surface area contributed by atoms with E-state index in [1.54, 1.807) is 0 Å². The zero-order chi connectivity index (χ0) is 19.1. The van der Waals surface area contributed by atoms with Crippen molar-refractivity contribution in [2.75, 3.05) is 13.1 Å². The van der Waals surface area contributed by atoms with E-state index >= 15 is 0 Å². The smallest absolute Gasteiger partial charge is 0.0861 e. The van der Waals surface area contributed by atoms with Crippen molar-refractivity contribution < 1.29 is 0 Å². The summed E-state index contributed by atoms with van der Waals surface area (Å²) < 4.78 is 1.08. The van der Waals surface area contributed by atoms with E-state index in [1.165, 1.54) is 30.4 Å². The lowest BCUT2D eigenvalue weighted by Gasteiger charge is -2.42. The molecule has 0 aromatic heterocycles. The Morgan fingerprint density at radius 2 is 1.81 bits per heavy atom. The Hall–Kier alpha value is -1.63. The van der Waals surface area contributed by atoms with Gasteiger partial charge in [0.2, 0.25) is 0 Å². The molecule has 0 heterocycles. The summed E-state index contributed by atoms with van der Waals surface area (Å²) in [6.07, 6.45) is 5.59. The van der Waals surface area contributed by atoms with Gasteiger partial charge < -0.3 is 0 Å². The van der Waals surface area contributed by atoms with E-state index < -0.39 is 0 Å². The summed E-state index contributed by atoms with van der Waals surface area (Å²) in [6, 6.07) is 21.8. The van der Waals surface area contributed by atoms with Crippen molar-refractivity contribution in [3.63, 3.8) is 0 Å². The molecule has 27 heavy (non-hydrogen) atoms. The number of benzene rings is 2. The quantitative estimate of drug-likeness (QED) is 0.471. The molecule has 1 aliphatic carbocycles. The summed E-state index contributed by atoms with van der Waals surface area (Å²) in [4.78, 5) is 2.48. The van der Waals surface area contributed by atoms with E-state index in [2.05, 4.69) is 82.4 Å². The fraction of sp³-hybridized carbons (Fsp3) is 0.458. The molecular weight excluding hydrogens is 396 g/mol. The Labute approximate surface area is 172 Å². The average molecular weight is 425 g/mol. The Bertz CT molecular complexity index is 763. The third-order valence-corrected chi connectivity index (χ3v) is 6.79. The second-order valence-corrected chi connectivity index (χ2v) is 8.50. The third-order valence-electron chi connectivity index (χ3n) is 6.10. The molecule has 0 N–H and O–H groups in total. The minimum atomic E-state index is -0.357. The lowest BCUT2D eigenvalue weighted by molar-refractivity contribution is 0.183. The lowest BCUT2D eigenvalue weighted by Crippen LogP contribution is -2.39. The Kier molecular flexibility index (Phi) is 7.10. The molecule has 1 fully saturated rings. The van der Waals surface area contributed by atoms with Gasteiger partial charge in [0.25, 0.3) is 0 Å². The number of nitriles is 1. The number of hydrogen-bond acceptors (Lipinski definition) is 2. The molecule has 3 heteroatoms. The second-order valence-electron chi connectivity index (χ2n) is 7.65. The van der Waals surface area contributed by atoms with Gasteiger partial charge in [-0.1, -0.05) is 77.8 Å². The first-order valence-corrected chi connectivity index (χ1v) is 10.9. The van der Waals surface area contributed by atoms with Crippen LogP contribution in [0.3, 0.4) is 0 Å². The highest BCUT2D eigenvalue weighted by atomic mass is 79.9. The van der Waals surface area contributed by atoms with Gasteiger partial charge in [-0.15, -0.1) is 0 Å². The van der Waals surface area contributed by atoms with Crippen LogP contribution in [0.5, 0.6) is 0 Å². The highest BCUT2D eigenvalue weighted by Crippen LogP contribution is 2.48. The fourth-order valence-electron chi connectivity index (χ4n) is 4.26. The van der Waals surface area contributed by atoms with Gasteiger partial charge in [0.15, 0.2) is 0 Å². The van der Waals surface area contributed by atoms with Gasteiger partial charge in [-0.25, -0.2) is 0 Å². The van der Waals surface area contributed by atoms with E-state index in [4.69, 9.17) is 0 Å². The zero-order valence-electron chi connectivity index (χ0n) is 16.2. The van der Waals surface area contributed by atoms with Gasteiger partial charge in [-0.3, -0.25) is 4.90 Å². The van der Waals surface area contributed by atoms with Gasteiger partial charge in [-0.05, 0) is 61.9 Å². The minimum absolute atomic E-state index is 0.357. The van der Waals surface area contributed by atoms with Crippen LogP contribution in [0.1, 0.15) is 50.2 Å². The zero-order valence-corrected chi connectivity index (χ0v) is 17.8. The number of hydrogen-bond donors (Lipinski definition) is 0. The Balaban J connectivity index is 1.70. The molecule has 0 radical (unpaired) electrons. The predicted octanol–water partition coefficient (Wildman–Crippen LogP) is 6.31. The summed E-state index contributed by atoms with van der Waals surface area (Å²) in [5.74, 6) is 0.491. The van der Waals surface area contributed by atoms with Crippen LogP contribution in [-0.4, -0.2) is 18.0 Å². The van der Waals surface area contributed by atoms with Crippen molar-refractivity contribution in [1.29, 1.82) is 5.26 Å². The molecule has 0 aliphatic heterocycles. The topological polar surface area (TPSA) is 27.0 Å². The Morgan fingerprint density at radius 3 is 2.41 bits per heavy atom. The first-order valence-electron chi connectivity index (χ1n) is 10.1. The van der Waals surface area contributed by atoms with Gasteiger partial charge in [0.1, 0.15) is 0 Å². The molecule has 2 aromatic carbocycles. The monoisotopic (exact) mass is 424 g/mol. The van der Waals surface area contributed by atoms with Crippen molar-refractivity contribution in [3.05, 3.63) is 70.2 Å². The van der Waals surface area contributed by atoms with Crippen LogP contribution in [0.4, 0.5) is 0 Å². The van der Waals surface area contributed by atoms with Gasteiger partial charge in [0, 0.05) is 11.0 Å². The molecule has 0 spiro atoms. The van der Waals surface area contributed by atoms with E-state index in [-0.39, 0.29) is 5.41 Å². The van der Waals surface area contributed by atoms with Gasteiger partial charge in [0.05, 0.1) is 11.5 Å². The maximum absolute atomic E-state index is 10.3. The van der Waals surface area contributed by atoms with Crippen LogP contribution in [-0.2, 0) is 12.0 Å². The molecule has 0 amide bonds. The van der Waals surface area contributed by atoms with Crippen LogP contribution >= 0.6 is 15.9 Å².